The van der Waals surface area contributed by atoms with E-state index in [1.165, 1.54) is 0 Å². The lowest BCUT2D eigenvalue weighted by atomic mass is 10.1. The number of halogens is 1. The van der Waals surface area contributed by atoms with Crippen LogP contribution in [-0.2, 0) is 11.2 Å². The van der Waals surface area contributed by atoms with Crippen LogP contribution in [0.5, 0.6) is 5.75 Å². The molecule has 1 fully saturated rings. The number of nitrogens with one attached hydrogen (secondary N) is 1. The van der Waals surface area contributed by atoms with Crippen molar-refractivity contribution in [1.82, 2.24) is 5.32 Å². The van der Waals surface area contributed by atoms with Crippen LogP contribution in [0.3, 0.4) is 0 Å². The molecule has 2 atom stereocenters. The molecular weight excluding hydrogens is 308 g/mol. The molecule has 0 heterocycles. The van der Waals surface area contributed by atoms with Gasteiger partial charge in [0.25, 0.3) is 0 Å². The third-order valence-corrected chi connectivity index (χ3v) is 3.93. The summed E-state index contributed by atoms with van der Waals surface area (Å²) in [7, 11) is 1.61. The largest absolute Gasteiger partial charge is 0.496 e. The van der Waals surface area contributed by atoms with E-state index in [-0.39, 0.29) is 18.0 Å². The number of methoxy groups -OCH3 is 1. The van der Waals surface area contributed by atoms with Crippen LogP contribution in [0.15, 0.2) is 22.7 Å². The van der Waals surface area contributed by atoms with Crippen molar-refractivity contribution >= 4 is 21.8 Å². The smallest absolute Gasteiger partial charge is 0.224 e. The first-order valence-corrected chi connectivity index (χ1v) is 7.25. The minimum Gasteiger partial charge on any atom is -0.496 e. The molecule has 2 unspecified atom stereocenters. The highest BCUT2D eigenvalue weighted by atomic mass is 79.9. The van der Waals surface area contributed by atoms with Crippen LogP contribution in [0, 0.1) is 0 Å². The van der Waals surface area contributed by atoms with E-state index < -0.39 is 0 Å². The molecular formula is C14H19BrN2O2. The van der Waals surface area contributed by atoms with Gasteiger partial charge in [-0.3, -0.25) is 4.79 Å². The second-order valence-corrected chi connectivity index (χ2v) is 5.89. The number of ether oxygens (including phenoxy) is 1. The zero-order valence-electron chi connectivity index (χ0n) is 11.0. The zero-order valence-corrected chi connectivity index (χ0v) is 12.6. The number of nitrogens with two attached hydrogens (primary N) is 1. The van der Waals surface area contributed by atoms with E-state index in [1.807, 2.05) is 18.2 Å². The molecule has 3 N–H and O–H groups in total. The standard InChI is InChI=1S/C14H19BrN2O2/c1-19-13-5-2-10(15)6-9(13)7-14(18)17-12-4-3-11(16)8-12/h2,5-6,11-12H,3-4,7-8,16H2,1H3,(H,17,18). The van der Waals surface area contributed by atoms with Crippen molar-refractivity contribution < 1.29 is 9.53 Å². The first-order valence-electron chi connectivity index (χ1n) is 6.46. The van der Waals surface area contributed by atoms with Gasteiger partial charge in [-0.1, -0.05) is 15.9 Å². The van der Waals surface area contributed by atoms with Gasteiger partial charge in [0.1, 0.15) is 5.75 Å². The van der Waals surface area contributed by atoms with Crippen LogP contribution in [0.4, 0.5) is 0 Å². The van der Waals surface area contributed by atoms with Gasteiger partial charge in [0.2, 0.25) is 5.91 Å². The van der Waals surface area contributed by atoms with Crippen molar-refractivity contribution in [3.63, 3.8) is 0 Å². The fourth-order valence-electron chi connectivity index (χ4n) is 2.48. The minimum absolute atomic E-state index is 0.0236. The number of amides is 1. The van der Waals surface area contributed by atoms with Gasteiger partial charge in [0.05, 0.1) is 13.5 Å². The molecule has 0 bridgehead atoms. The molecule has 1 aromatic rings. The van der Waals surface area contributed by atoms with Crippen LogP contribution in [0.25, 0.3) is 0 Å². The Morgan fingerprint density at radius 3 is 2.95 bits per heavy atom. The second kappa shape index (κ2) is 6.39. The second-order valence-electron chi connectivity index (χ2n) is 4.97. The zero-order chi connectivity index (χ0) is 13.8. The van der Waals surface area contributed by atoms with Gasteiger partial charge in [-0.25, -0.2) is 0 Å². The molecule has 4 nitrogen and oxygen atoms in total. The Bertz CT molecular complexity index is 465. The Kier molecular flexibility index (Phi) is 4.82. The number of rotatable bonds is 4. The summed E-state index contributed by atoms with van der Waals surface area (Å²) in [5, 5.41) is 3.04. The number of hydrogen-bond acceptors (Lipinski definition) is 3. The van der Waals surface area contributed by atoms with Gasteiger partial charge >= 0.3 is 0 Å². The summed E-state index contributed by atoms with van der Waals surface area (Å²) in [6, 6.07) is 6.12. The molecule has 0 aliphatic heterocycles. The molecule has 2 rings (SSSR count). The topological polar surface area (TPSA) is 64.3 Å². The van der Waals surface area contributed by atoms with Crippen LogP contribution < -0.4 is 15.8 Å². The quantitative estimate of drug-likeness (QED) is 0.889. The molecule has 0 spiro atoms. The number of benzene rings is 1. The summed E-state index contributed by atoms with van der Waals surface area (Å²) < 4.78 is 6.21. The first-order chi connectivity index (χ1) is 9.08. The highest BCUT2D eigenvalue weighted by Crippen LogP contribution is 2.24. The number of carbonyl (C=O) groups excluding carboxylic acids is 1. The first kappa shape index (κ1) is 14.3. The highest BCUT2D eigenvalue weighted by molar-refractivity contribution is 9.10. The average Bonchev–Trinajstić information content (AvgIpc) is 2.75. The minimum atomic E-state index is 0.0236. The summed E-state index contributed by atoms with van der Waals surface area (Å²) in [4.78, 5) is 12.0. The predicted octanol–water partition coefficient (Wildman–Crippen LogP) is 2.00. The molecule has 5 heteroatoms. The molecule has 1 saturated carbocycles. The Hall–Kier alpha value is -1.07. The summed E-state index contributed by atoms with van der Waals surface area (Å²) in [6.07, 6.45) is 3.17. The van der Waals surface area contributed by atoms with E-state index in [0.717, 1.165) is 35.0 Å². The maximum Gasteiger partial charge on any atom is 0.224 e. The highest BCUT2D eigenvalue weighted by Gasteiger charge is 2.23. The van der Waals surface area contributed by atoms with Crippen molar-refractivity contribution in [3.8, 4) is 5.75 Å². The molecule has 1 aliphatic rings. The van der Waals surface area contributed by atoms with E-state index in [9.17, 15) is 4.79 Å². The molecule has 1 amide bonds. The van der Waals surface area contributed by atoms with Crippen molar-refractivity contribution in [3.05, 3.63) is 28.2 Å². The lowest BCUT2D eigenvalue weighted by Gasteiger charge is -2.14. The number of hydrogen-bond donors (Lipinski definition) is 2. The van der Waals surface area contributed by atoms with E-state index in [0.29, 0.717) is 6.42 Å². The van der Waals surface area contributed by atoms with Crippen molar-refractivity contribution in [2.45, 2.75) is 37.8 Å². The van der Waals surface area contributed by atoms with Gasteiger partial charge < -0.3 is 15.8 Å². The van der Waals surface area contributed by atoms with Crippen molar-refractivity contribution in [2.75, 3.05) is 7.11 Å². The molecule has 104 valence electrons. The van der Waals surface area contributed by atoms with Gasteiger partial charge in [0.15, 0.2) is 0 Å². The summed E-state index contributed by atoms with van der Waals surface area (Å²) in [5.74, 6) is 0.761. The monoisotopic (exact) mass is 326 g/mol. The van der Waals surface area contributed by atoms with E-state index in [2.05, 4.69) is 21.2 Å². The van der Waals surface area contributed by atoms with E-state index >= 15 is 0 Å². The SMILES string of the molecule is COc1ccc(Br)cc1CC(=O)NC1CCC(N)C1. The molecule has 0 aromatic heterocycles. The van der Waals surface area contributed by atoms with E-state index in [4.69, 9.17) is 10.5 Å². The molecule has 1 aliphatic carbocycles. The molecule has 0 saturated heterocycles. The Morgan fingerprint density at radius 1 is 1.53 bits per heavy atom. The normalized spacial score (nSPS) is 22.3. The van der Waals surface area contributed by atoms with Gasteiger partial charge in [-0.05, 0) is 37.5 Å². The Morgan fingerprint density at radius 2 is 2.32 bits per heavy atom. The Balaban J connectivity index is 1.96. The fourth-order valence-corrected chi connectivity index (χ4v) is 2.89. The van der Waals surface area contributed by atoms with Crippen LogP contribution in [-0.4, -0.2) is 25.1 Å². The lowest BCUT2D eigenvalue weighted by molar-refractivity contribution is -0.121. The van der Waals surface area contributed by atoms with Crippen LogP contribution in [0.1, 0.15) is 24.8 Å². The molecule has 0 radical (unpaired) electrons. The summed E-state index contributed by atoms with van der Waals surface area (Å²) in [5.41, 5.74) is 6.73. The maximum atomic E-state index is 12.0. The summed E-state index contributed by atoms with van der Waals surface area (Å²) in [6.45, 7) is 0. The third-order valence-electron chi connectivity index (χ3n) is 3.43. The Labute approximate surface area is 121 Å². The molecule has 19 heavy (non-hydrogen) atoms. The van der Waals surface area contributed by atoms with E-state index in [1.54, 1.807) is 7.11 Å². The van der Waals surface area contributed by atoms with Gasteiger partial charge in [-0.2, -0.15) is 0 Å². The van der Waals surface area contributed by atoms with Crippen molar-refractivity contribution in [2.24, 2.45) is 5.73 Å². The maximum absolute atomic E-state index is 12.0. The number of carbonyl (C=O) groups is 1. The summed E-state index contributed by atoms with van der Waals surface area (Å²) >= 11 is 3.41. The van der Waals surface area contributed by atoms with Crippen molar-refractivity contribution in [1.29, 1.82) is 0 Å². The lowest BCUT2D eigenvalue weighted by Crippen LogP contribution is -2.35. The predicted molar refractivity (Wildman–Crippen MR) is 78.2 cm³/mol. The van der Waals surface area contributed by atoms with Crippen LogP contribution >= 0.6 is 15.9 Å². The average molecular weight is 327 g/mol. The van der Waals surface area contributed by atoms with Crippen LogP contribution in [0.2, 0.25) is 0 Å². The van der Waals surface area contributed by atoms with Gasteiger partial charge in [0, 0.05) is 22.1 Å². The molecule has 1 aromatic carbocycles. The van der Waals surface area contributed by atoms with Gasteiger partial charge in [-0.15, -0.1) is 0 Å². The fraction of sp³-hybridized carbons (Fsp3) is 0.500. The third kappa shape index (κ3) is 3.94.